The SMILES string of the molecule is CC[C@@H]1C[C@H](C)CC/C=C\[C@@H]2C[C@@]2(C(=O)NS(=O)(=O)C2CC2)NC(=O)[C@@H]2C[C@@H](Oc3ncc(-c4nc(C(C)(C)C)cs4)c4cc(OC)ccc34)CN2C(=O)[C@H]1NC(=O)OC(C)(C)C(F)(F)F. The van der Waals surface area contributed by atoms with Crippen molar-refractivity contribution in [2.75, 3.05) is 13.7 Å². The molecule has 1 aromatic carbocycles. The van der Waals surface area contributed by atoms with Crippen molar-refractivity contribution in [1.82, 2.24) is 30.2 Å². The number of fused-ring (bicyclic) bond motifs is 3. The summed E-state index contributed by atoms with van der Waals surface area (Å²) in [5, 5.41) is 8.58. The average Bonchev–Trinajstić information content (AvgIpc) is 4.11. The van der Waals surface area contributed by atoms with Crippen molar-refractivity contribution in [2.45, 2.75) is 146 Å². The number of halogens is 3. The van der Waals surface area contributed by atoms with E-state index < -0.39 is 86.4 Å². The molecular weight excluding hydrogens is 902 g/mol. The van der Waals surface area contributed by atoms with Crippen molar-refractivity contribution < 1.29 is 55.0 Å². The van der Waals surface area contributed by atoms with Gasteiger partial charge in [-0.3, -0.25) is 19.1 Å². The maximum atomic E-state index is 15.1. The van der Waals surface area contributed by atoms with Crippen LogP contribution in [0.25, 0.3) is 21.3 Å². The van der Waals surface area contributed by atoms with Crippen LogP contribution in [0.1, 0.15) is 106 Å². The van der Waals surface area contributed by atoms with Gasteiger partial charge in [-0.1, -0.05) is 53.2 Å². The van der Waals surface area contributed by atoms with E-state index in [2.05, 4.69) is 36.1 Å². The lowest BCUT2D eigenvalue weighted by molar-refractivity contribution is -0.244. The Bertz CT molecular complexity index is 2500. The molecule has 2 aromatic heterocycles. The van der Waals surface area contributed by atoms with Crippen molar-refractivity contribution in [3.8, 4) is 22.2 Å². The van der Waals surface area contributed by atoms with Crippen LogP contribution in [0.15, 0.2) is 41.9 Å². The summed E-state index contributed by atoms with van der Waals surface area (Å²) in [5.74, 6) is -2.91. The van der Waals surface area contributed by atoms with Crippen LogP contribution in [0.3, 0.4) is 0 Å². The van der Waals surface area contributed by atoms with Gasteiger partial charge in [-0.2, -0.15) is 13.2 Å². The van der Waals surface area contributed by atoms with E-state index in [1.54, 1.807) is 38.4 Å². The average molecular weight is 961 g/mol. The predicted molar refractivity (Wildman–Crippen MR) is 241 cm³/mol. The summed E-state index contributed by atoms with van der Waals surface area (Å²) in [7, 11) is -2.46. The molecule has 7 rings (SSSR count). The summed E-state index contributed by atoms with van der Waals surface area (Å²) in [6.45, 7) is 11.1. The molecule has 20 heteroatoms. The molecule has 2 aliphatic carbocycles. The molecule has 7 atom stereocenters. The normalized spacial score (nSPS) is 27.1. The van der Waals surface area contributed by atoms with Crippen LogP contribution >= 0.6 is 11.3 Å². The van der Waals surface area contributed by atoms with Gasteiger partial charge in [-0.25, -0.2) is 23.2 Å². The monoisotopic (exact) mass is 960 g/mol. The van der Waals surface area contributed by atoms with E-state index in [1.165, 1.54) is 16.2 Å². The van der Waals surface area contributed by atoms with E-state index in [0.29, 0.717) is 68.9 Å². The van der Waals surface area contributed by atoms with E-state index in [9.17, 15) is 36.0 Å². The fourth-order valence-electron chi connectivity index (χ4n) is 8.65. The molecule has 66 heavy (non-hydrogen) atoms. The minimum absolute atomic E-state index is 0.0454. The van der Waals surface area contributed by atoms with Crippen LogP contribution in [-0.4, -0.2) is 102 Å². The zero-order valence-corrected chi connectivity index (χ0v) is 40.0. The third-order valence-electron chi connectivity index (χ3n) is 13.1. The van der Waals surface area contributed by atoms with Gasteiger partial charge in [0.25, 0.3) is 5.91 Å². The molecule has 3 N–H and O–H groups in total. The predicted octanol–water partition coefficient (Wildman–Crippen LogP) is 7.33. The minimum Gasteiger partial charge on any atom is -0.497 e. The van der Waals surface area contributed by atoms with Gasteiger partial charge in [0.2, 0.25) is 33.3 Å². The molecule has 0 unspecified atom stereocenters. The van der Waals surface area contributed by atoms with Gasteiger partial charge < -0.3 is 29.7 Å². The van der Waals surface area contributed by atoms with Gasteiger partial charge in [-0.15, -0.1) is 11.3 Å². The molecule has 4 amide bonds. The molecule has 3 fully saturated rings. The zero-order chi connectivity index (χ0) is 48.1. The highest BCUT2D eigenvalue weighted by molar-refractivity contribution is 7.91. The highest BCUT2D eigenvalue weighted by Crippen LogP contribution is 2.47. The number of thiazole rings is 1. The van der Waals surface area contributed by atoms with Crippen LogP contribution in [0, 0.1) is 17.8 Å². The number of methoxy groups -OCH3 is 1. The first-order valence-electron chi connectivity index (χ1n) is 22.4. The number of carbonyl (C=O) groups excluding carboxylic acids is 4. The first kappa shape index (κ1) is 48.9. The smallest absolute Gasteiger partial charge is 0.427 e. The van der Waals surface area contributed by atoms with E-state index in [1.807, 2.05) is 24.4 Å². The Morgan fingerprint density at radius 3 is 2.42 bits per heavy atom. The quantitative estimate of drug-likeness (QED) is 0.172. The molecule has 4 aliphatic rings. The summed E-state index contributed by atoms with van der Waals surface area (Å²) in [6.07, 6.45) is 0.632. The number of nitrogens with zero attached hydrogens (tertiary/aromatic N) is 3. The number of benzene rings is 1. The molecule has 3 aromatic rings. The molecule has 0 spiro atoms. The van der Waals surface area contributed by atoms with Gasteiger partial charge >= 0.3 is 12.3 Å². The Labute approximate surface area is 387 Å². The Balaban J connectivity index is 1.26. The van der Waals surface area contributed by atoms with Gasteiger partial charge in [-0.05, 0) is 82.4 Å². The molecule has 0 radical (unpaired) electrons. The Kier molecular flexibility index (Phi) is 13.5. The number of aromatic nitrogens is 2. The van der Waals surface area contributed by atoms with Crippen LogP contribution in [0.2, 0.25) is 0 Å². The van der Waals surface area contributed by atoms with Gasteiger partial charge in [0.1, 0.15) is 34.5 Å². The Morgan fingerprint density at radius 2 is 1.79 bits per heavy atom. The van der Waals surface area contributed by atoms with Crippen LogP contribution in [0.4, 0.5) is 18.0 Å². The largest absolute Gasteiger partial charge is 0.497 e. The lowest BCUT2D eigenvalue weighted by Crippen LogP contribution is -2.59. The summed E-state index contributed by atoms with van der Waals surface area (Å²) < 4.78 is 87.0. The molecule has 4 heterocycles. The number of hydrogen-bond donors (Lipinski definition) is 3. The van der Waals surface area contributed by atoms with Gasteiger partial charge in [0.15, 0.2) is 0 Å². The summed E-state index contributed by atoms with van der Waals surface area (Å²) in [6, 6.07) is 2.57. The van der Waals surface area contributed by atoms with Gasteiger partial charge in [0, 0.05) is 45.7 Å². The zero-order valence-electron chi connectivity index (χ0n) is 38.4. The number of pyridine rings is 1. The Morgan fingerprint density at radius 1 is 1.06 bits per heavy atom. The van der Waals surface area contributed by atoms with Crippen molar-refractivity contribution >= 4 is 55.9 Å². The van der Waals surface area contributed by atoms with Crippen LogP contribution in [-0.2, 0) is 34.6 Å². The molecule has 2 saturated carbocycles. The minimum atomic E-state index is -4.93. The Hall–Kier alpha value is -4.98. The molecule has 360 valence electrons. The fraction of sp³-hybridized carbons (Fsp3) is 0.609. The number of allylic oxidation sites excluding steroid dienone is 1. The maximum Gasteiger partial charge on any atom is 0.427 e. The standard InChI is InChI=1S/C46H59F3N6O9S2/c1-9-26-18-25(2)12-10-11-13-27-21-45(27,41(58)54-66(60,61)30-15-16-30)53-37(56)34-20-29(23-55(34)40(57)36(26)52-42(59)64-44(6,7)46(47,48)49)63-38-31-17-14-28(62-8)19-32(31)33(22-50-38)39-51-35(24-65-39)43(3,4)5/h11,13-14,17,19,22,24-27,29-30,34,36H,9-10,12,15-16,18,20-21,23H2,1-8H3,(H,52,59)(H,53,56)(H,54,58)/b13-11-/t25-,26-,27-,29-,34+,36+,45-/m1/s1. The van der Waals surface area contributed by atoms with Crippen LogP contribution in [0.5, 0.6) is 11.6 Å². The van der Waals surface area contributed by atoms with Crippen LogP contribution < -0.4 is 24.8 Å². The topological polar surface area (TPSA) is 195 Å². The van der Waals surface area contributed by atoms with E-state index >= 15 is 4.79 Å². The maximum absolute atomic E-state index is 15.1. The second kappa shape index (κ2) is 18.3. The van der Waals surface area contributed by atoms with E-state index in [0.717, 1.165) is 16.3 Å². The summed E-state index contributed by atoms with van der Waals surface area (Å²) >= 11 is 1.47. The number of alkyl halides is 3. The first-order chi connectivity index (χ1) is 30.9. The number of alkyl carbamates (subject to hydrolysis) is 1. The van der Waals surface area contributed by atoms with E-state index in [4.69, 9.17) is 24.2 Å². The number of amides is 4. The third-order valence-corrected chi connectivity index (χ3v) is 15.8. The highest BCUT2D eigenvalue weighted by atomic mass is 32.2. The summed E-state index contributed by atoms with van der Waals surface area (Å²) in [4.78, 5) is 68.0. The number of hydrogen-bond acceptors (Lipinski definition) is 12. The molecule has 15 nitrogen and oxygen atoms in total. The molecule has 0 bridgehead atoms. The second-order valence-corrected chi connectivity index (χ2v) is 22.5. The fourth-order valence-corrected chi connectivity index (χ4v) is 11.1. The first-order valence-corrected chi connectivity index (χ1v) is 24.8. The lowest BCUT2D eigenvalue weighted by Gasteiger charge is -2.35. The number of carbonyl (C=O) groups is 4. The van der Waals surface area contributed by atoms with E-state index in [-0.39, 0.29) is 36.6 Å². The molecule has 1 saturated heterocycles. The second-order valence-electron chi connectivity index (χ2n) is 19.6. The van der Waals surface area contributed by atoms with Gasteiger partial charge in [0.05, 0.1) is 24.6 Å². The highest BCUT2D eigenvalue weighted by Gasteiger charge is 2.62. The molecular formula is C46H59F3N6O9S2. The summed E-state index contributed by atoms with van der Waals surface area (Å²) in [5.41, 5.74) is -3.14. The number of rotatable bonds is 10. The lowest BCUT2D eigenvalue weighted by atomic mass is 9.85. The van der Waals surface area contributed by atoms with Crippen molar-refractivity contribution in [3.63, 3.8) is 0 Å². The van der Waals surface area contributed by atoms with Crippen molar-refractivity contribution in [3.05, 3.63) is 47.6 Å². The van der Waals surface area contributed by atoms with Crippen molar-refractivity contribution in [2.24, 2.45) is 17.8 Å². The number of sulfonamides is 1. The van der Waals surface area contributed by atoms with Crippen molar-refractivity contribution in [1.29, 1.82) is 0 Å². The third kappa shape index (κ3) is 10.3. The molecule has 2 aliphatic heterocycles. The number of nitrogens with one attached hydrogen (secondary N) is 3. The number of ether oxygens (including phenoxy) is 3.